The van der Waals surface area contributed by atoms with Crippen LogP contribution < -0.4 is 10.6 Å². The van der Waals surface area contributed by atoms with Crippen LogP contribution in [0.15, 0.2) is 0 Å². The van der Waals surface area contributed by atoms with E-state index in [1.807, 2.05) is 0 Å². The monoisotopic (exact) mass is 210 g/mol. The largest absolute Gasteiger partial charge is 0.355 e. The summed E-state index contributed by atoms with van der Waals surface area (Å²) in [4.78, 5) is 11.6. The molecule has 2 N–H and O–H groups in total. The number of nitrogens with one attached hydrogen (secondary N) is 2. The minimum Gasteiger partial charge on any atom is -0.355 e. The summed E-state index contributed by atoms with van der Waals surface area (Å²) in [5.41, 5.74) is 0. The lowest BCUT2D eigenvalue weighted by Gasteiger charge is -2.31. The lowest BCUT2D eigenvalue weighted by molar-refractivity contribution is -0.126. The van der Waals surface area contributed by atoms with Gasteiger partial charge in [-0.1, -0.05) is 26.2 Å². The molecule has 1 saturated carbocycles. The summed E-state index contributed by atoms with van der Waals surface area (Å²) < 4.78 is 0. The minimum absolute atomic E-state index is 0.240. The van der Waals surface area contributed by atoms with Crippen molar-refractivity contribution in [2.75, 3.05) is 19.6 Å². The molecule has 2 fully saturated rings. The fourth-order valence-corrected chi connectivity index (χ4v) is 2.55. The first-order valence-electron chi connectivity index (χ1n) is 6.26. The Bertz CT molecular complexity index is 226. The predicted molar refractivity (Wildman–Crippen MR) is 60.5 cm³/mol. The highest BCUT2D eigenvalue weighted by molar-refractivity contribution is 5.79. The molecule has 86 valence electrons. The van der Waals surface area contributed by atoms with Crippen molar-refractivity contribution in [3.05, 3.63) is 0 Å². The van der Waals surface area contributed by atoms with E-state index in [-0.39, 0.29) is 11.8 Å². The van der Waals surface area contributed by atoms with Gasteiger partial charge >= 0.3 is 0 Å². The Morgan fingerprint density at radius 3 is 2.67 bits per heavy atom. The lowest BCUT2D eigenvalue weighted by atomic mass is 9.80. The quantitative estimate of drug-likeness (QED) is 0.733. The highest BCUT2D eigenvalue weighted by Gasteiger charge is 2.26. The molecule has 0 aromatic rings. The van der Waals surface area contributed by atoms with Gasteiger partial charge in [0, 0.05) is 19.6 Å². The molecule has 0 spiro atoms. The Morgan fingerprint density at radius 2 is 2.07 bits per heavy atom. The van der Waals surface area contributed by atoms with Crippen molar-refractivity contribution in [2.24, 2.45) is 17.8 Å². The molecule has 2 rings (SSSR count). The number of carbonyl (C=O) groups excluding carboxylic acids is 1. The summed E-state index contributed by atoms with van der Waals surface area (Å²) in [6, 6.07) is 0. The zero-order valence-corrected chi connectivity index (χ0v) is 9.59. The van der Waals surface area contributed by atoms with Gasteiger partial charge in [0.2, 0.25) is 5.91 Å². The highest BCUT2D eigenvalue weighted by Crippen LogP contribution is 2.28. The van der Waals surface area contributed by atoms with Crippen LogP contribution in [0.3, 0.4) is 0 Å². The van der Waals surface area contributed by atoms with Gasteiger partial charge in [-0.25, -0.2) is 0 Å². The standard InChI is InChI=1S/C12H22N2O/c1-9-4-2-3-5-10(9)8-14-12(15)11-6-13-7-11/h9-11,13H,2-8H2,1H3,(H,14,15). The third kappa shape index (κ3) is 2.71. The van der Waals surface area contributed by atoms with Crippen LogP contribution in [0.1, 0.15) is 32.6 Å². The minimum atomic E-state index is 0.240. The van der Waals surface area contributed by atoms with Crippen molar-refractivity contribution in [1.29, 1.82) is 0 Å². The summed E-state index contributed by atoms with van der Waals surface area (Å²) in [7, 11) is 0. The van der Waals surface area contributed by atoms with E-state index in [1.54, 1.807) is 0 Å². The Hall–Kier alpha value is -0.570. The van der Waals surface area contributed by atoms with E-state index in [1.165, 1.54) is 25.7 Å². The number of carbonyl (C=O) groups is 1. The molecular formula is C12H22N2O. The summed E-state index contributed by atoms with van der Waals surface area (Å²) >= 11 is 0. The van der Waals surface area contributed by atoms with Crippen LogP contribution in [0, 0.1) is 17.8 Å². The smallest absolute Gasteiger partial charge is 0.225 e. The third-order valence-corrected chi connectivity index (χ3v) is 3.98. The molecular weight excluding hydrogens is 188 g/mol. The number of amides is 1. The van der Waals surface area contributed by atoms with Gasteiger partial charge in [-0.15, -0.1) is 0 Å². The zero-order chi connectivity index (χ0) is 10.7. The second-order valence-corrected chi connectivity index (χ2v) is 5.12. The van der Waals surface area contributed by atoms with Gasteiger partial charge < -0.3 is 10.6 Å². The fourth-order valence-electron chi connectivity index (χ4n) is 2.55. The van der Waals surface area contributed by atoms with Crippen LogP contribution in [0.5, 0.6) is 0 Å². The van der Waals surface area contributed by atoms with Gasteiger partial charge in [0.1, 0.15) is 0 Å². The highest BCUT2D eigenvalue weighted by atomic mass is 16.2. The number of rotatable bonds is 3. The summed E-state index contributed by atoms with van der Waals surface area (Å²) in [6.45, 7) is 4.95. The Morgan fingerprint density at radius 1 is 1.33 bits per heavy atom. The van der Waals surface area contributed by atoms with Crippen molar-refractivity contribution in [2.45, 2.75) is 32.6 Å². The van der Waals surface area contributed by atoms with E-state index in [2.05, 4.69) is 17.6 Å². The molecule has 3 heteroatoms. The van der Waals surface area contributed by atoms with Crippen LogP contribution in [-0.4, -0.2) is 25.5 Å². The summed E-state index contributed by atoms with van der Waals surface area (Å²) in [5.74, 6) is 2.00. The second kappa shape index (κ2) is 4.97. The molecule has 1 aliphatic carbocycles. The fraction of sp³-hybridized carbons (Fsp3) is 0.917. The maximum atomic E-state index is 11.6. The summed E-state index contributed by atoms with van der Waals surface area (Å²) in [6.07, 6.45) is 5.35. The molecule has 2 atom stereocenters. The van der Waals surface area contributed by atoms with Crippen molar-refractivity contribution in [3.63, 3.8) is 0 Å². The second-order valence-electron chi connectivity index (χ2n) is 5.12. The predicted octanol–water partition coefficient (Wildman–Crippen LogP) is 1.15. The van der Waals surface area contributed by atoms with Gasteiger partial charge in [0.25, 0.3) is 0 Å². The lowest BCUT2D eigenvalue weighted by Crippen LogP contribution is -2.51. The average molecular weight is 210 g/mol. The van der Waals surface area contributed by atoms with Crippen LogP contribution in [0.4, 0.5) is 0 Å². The SMILES string of the molecule is CC1CCCCC1CNC(=O)C1CNC1. The first kappa shape index (κ1) is 10.9. The van der Waals surface area contributed by atoms with Crippen molar-refractivity contribution < 1.29 is 4.79 Å². The molecule has 1 saturated heterocycles. The zero-order valence-electron chi connectivity index (χ0n) is 9.59. The van der Waals surface area contributed by atoms with Crippen molar-refractivity contribution in [1.82, 2.24) is 10.6 Å². The molecule has 1 heterocycles. The van der Waals surface area contributed by atoms with E-state index in [0.29, 0.717) is 0 Å². The van der Waals surface area contributed by atoms with E-state index in [0.717, 1.165) is 31.5 Å². The first-order chi connectivity index (χ1) is 7.27. The van der Waals surface area contributed by atoms with Crippen molar-refractivity contribution >= 4 is 5.91 Å². The molecule has 15 heavy (non-hydrogen) atoms. The van der Waals surface area contributed by atoms with E-state index >= 15 is 0 Å². The maximum Gasteiger partial charge on any atom is 0.225 e. The molecule has 0 bridgehead atoms. The van der Waals surface area contributed by atoms with Gasteiger partial charge in [0.05, 0.1) is 5.92 Å². The van der Waals surface area contributed by atoms with Gasteiger partial charge in [-0.3, -0.25) is 4.79 Å². The Kier molecular flexibility index (Phi) is 3.62. The maximum absolute atomic E-state index is 11.6. The average Bonchev–Trinajstić information content (AvgIpc) is 2.14. The topological polar surface area (TPSA) is 41.1 Å². The Labute approximate surface area is 92.0 Å². The molecule has 0 aromatic carbocycles. The molecule has 1 aliphatic heterocycles. The molecule has 2 unspecified atom stereocenters. The van der Waals surface area contributed by atoms with Crippen LogP contribution in [0.25, 0.3) is 0 Å². The van der Waals surface area contributed by atoms with Crippen LogP contribution in [-0.2, 0) is 4.79 Å². The van der Waals surface area contributed by atoms with Gasteiger partial charge in [0.15, 0.2) is 0 Å². The van der Waals surface area contributed by atoms with Crippen LogP contribution >= 0.6 is 0 Å². The summed E-state index contributed by atoms with van der Waals surface area (Å²) in [5, 5.41) is 6.23. The van der Waals surface area contributed by atoms with Crippen molar-refractivity contribution in [3.8, 4) is 0 Å². The normalized spacial score (nSPS) is 32.1. The van der Waals surface area contributed by atoms with E-state index in [4.69, 9.17) is 0 Å². The molecule has 2 aliphatic rings. The van der Waals surface area contributed by atoms with E-state index < -0.39 is 0 Å². The number of hydrogen-bond acceptors (Lipinski definition) is 2. The molecule has 0 aromatic heterocycles. The number of hydrogen-bond donors (Lipinski definition) is 2. The molecule has 0 radical (unpaired) electrons. The molecule has 1 amide bonds. The van der Waals surface area contributed by atoms with E-state index in [9.17, 15) is 4.79 Å². The Balaban J connectivity index is 1.69. The van der Waals surface area contributed by atoms with Gasteiger partial charge in [-0.05, 0) is 18.3 Å². The van der Waals surface area contributed by atoms with Crippen LogP contribution in [0.2, 0.25) is 0 Å². The molecule has 3 nitrogen and oxygen atoms in total. The van der Waals surface area contributed by atoms with Gasteiger partial charge in [-0.2, -0.15) is 0 Å². The first-order valence-corrected chi connectivity index (χ1v) is 6.26. The third-order valence-electron chi connectivity index (χ3n) is 3.98.